The number of fused-ring (bicyclic) bond motifs is 4. The molecule has 10 rings (SSSR count). The highest BCUT2D eigenvalue weighted by molar-refractivity contribution is 5.91. The Bertz CT molecular complexity index is 2890. The Balaban J connectivity index is 1.01. The van der Waals surface area contributed by atoms with Gasteiger partial charge in [0.05, 0.1) is 0 Å². The molecule has 1 aliphatic rings. The molecular formula is C56H44N2. The van der Waals surface area contributed by atoms with Crippen molar-refractivity contribution in [3.8, 4) is 33.4 Å². The second-order valence-electron chi connectivity index (χ2n) is 15.9. The largest absolute Gasteiger partial charge is 0.310 e. The van der Waals surface area contributed by atoms with E-state index in [0.717, 1.165) is 34.1 Å². The number of anilines is 6. The summed E-state index contributed by atoms with van der Waals surface area (Å²) >= 11 is 0. The lowest BCUT2D eigenvalue weighted by Crippen LogP contribution is -2.17. The fourth-order valence-corrected chi connectivity index (χ4v) is 8.76. The molecule has 0 saturated heterocycles. The molecule has 0 spiro atoms. The average molecular weight is 745 g/mol. The first kappa shape index (κ1) is 35.3. The van der Waals surface area contributed by atoms with Crippen LogP contribution >= 0.6 is 0 Å². The second kappa shape index (κ2) is 14.4. The quantitative estimate of drug-likeness (QED) is 0.153. The SMILES string of the molecule is Cc1ccc(N(c2ccc(-c3ccc(-c4ccccc4)cc3)cc2)c2ccc3c(c2)C(C)(C)c2cc(N(c4ccccc4)c4ccc5ccccc5c4)ccc2-3)cc1. The van der Waals surface area contributed by atoms with E-state index in [0.29, 0.717) is 0 Å². The summed E-state index contributed by atoms with van der Waals surface area (Å²) in [7, 11) is 0. The molecule has 0 saturated carbocycles. The first-order chi connectivity index (χ1) is 28.4. The first-order valence-electron chi connectivity index (χ1n) is 20.2. The zero-order valence-electron chi connectivity index (χ0n) is 33.1. The minimum atomic E-state index is -0.225. The number of para-hydroxylation sites is 1. The molecule has 0 aliphatic heterocycles. The van der Waals surface area contributed by atoms with Crippen molar-refractivity contribution >= 4 is 44.9 Å². The maximum Gasteiger partial charge on any atom is 0.0468 e. The van der Waals surface area contributed by atoms with E-state index in [4.69, 9.17) is 0 Å². The maximum atomic E-state index is 2.42. The van der Waals surface area contributed by atoms with Crippen molar-refractivity contribution in [1.29, 1.82) is 0 Å². The predicted octanol–water partition coefficient (Wildman–Crippen LogP) is 15.7. The van der Waals surface area contributed by atoms with Crippen LogP contribution in [0.3, 0.4) is 0 Å². The molecule has 0 fully saturated rings. The van der Waals surface area contributed by atoms with E-state index in [1.165, 1.54) is 60.8 Å². The zero-order valence-corrected chi connectivity index (χ0v) is 33.1. The molecule has 2 nitrogen and oxygen atoms in total. The van der Waals surface area contributed by atoms with Crippen molar-refractivity contribution in [2.75, 3.05) is 9.80 Å². The molecule has 0 heterocycles. The van der Waals surface area contributed by atoms with Crippen molar-refractivity contribution in [2.45, 2.75) is 26.2 Å². The Labute approximate surface area is 341 Å². The van der Waals surface area contributed by atoms with E-state index in [1.54, 1.807) is 0 Å². The minimum absolute atomic E-state index is 0.225. The molecule has 0 atom stereocenters. The van der Waals surface area contributed by atoms with Gasteiger partial charge in [-0.3, -0.25) is 0 Å². The number of rotatable bonds is 8. The standard InChI is InChI=1S/C56H44N2/c1-39-18-27-47(28-19-39)57(48-29-24-44(25-30-48)43-22-20-42(21-23-43)40-12-6-4-7-13-40)50-32-34-52-53-35-33-51(38-55(53)56(2,3)54(52)37-50)58(46-16-8-5-9-17-46)49-31-26-41-14-10-11-15-45(41)36-49/h4-38H,1-3H3. The highest BCUT2D eigenvalue weighted by Gasteiger charge is 2.37. The summed E-state index contributed by atoms with van der Waals surface area (Å²) in [6.07, 6.45) is 0. The van der Waals surface area contributed by atoms with Crippen molar-refractivity contribution in [3.05, 3.63) is 229 Å². The molecule has 0 aromatic heterocycles. The molecule has 0 unspecified atom stereocenters. The van der Waals surface area contributed by atoms with Crippen LogP contribution in [-0.4, -0.2) is 0 Å². The lowest BCUT2D eigenvalue weighted by molar-refractivity contribution is 0.660. The monoisotopic (exact) mass is 744 g/mol. The van der Waals surface area contributed by atoms with Crippen molar-refractivity contribution in [2.24, 2.45) is 0 Å². The number of hydrogen-bond donors (Lipinski definition) is 0. The van der Waals surface area contributed by atoms with E-state index in [9.17, 15) is 0 Å². The van der Waals surface area contributed by atoms with Crippen molar-refractivity contribution < 1.29 is 0 Å². The van der Waals surface area contributed by atoms with E-state index in [-0.39, 0.29) is 5.41 Å². The van der Waals surface area contributed by atoms with Crippen molar-refractivity contribution in [1.82, 2.24) is 0 Å². The number of nitrogens with zero attached hydrogens (tertiary/aromatic N) is 2. The summed E-state index contributed by atoms with van der Waals surface area (Å²) in [5.74, 6) is 0. The fraction of sp³-hybridized carbons (Fsp3) is 0.0714. The Hall–Kier alpha value is -7.16. The van der Waals surface area contributed by atoms with Gasteiger partial charge in [-0.1, -0.05) is 159 Å². The van der Waals surface area contributed by atoms with E-state index in [1.807, 2.05) is 0 Å². The topological polar surface area (TPSA) is 6.48 Å². The lowest BCUT2D eigenvalue weighted by Gasteiger charge is -2.29. The van der Waals surface area contributed by atoms with Gasteiger partial charge in [0.2, 0.25) is 0 Å². The maximum absolute atomic E-state index is 2.42. The van der Waals surface area contributed by atoms with E-state index < -0.39 is 0 Å². The molecule has 0 amide bonds. The molecule has 0 bridgehead atoms. The summed E-state index contributed by atoms with van der Waals surface area (Å²) in [5.41, 5.74) is 18.0. The van der Waals surface area contributed by atoms with Gasteiger partial charge in [0, 0.05) is 39.5 Å². The minimum Gasteiger partial charge on any atom is -0.310 e. The molecule has 1 aliphatic carbocycles. The molecule has 9 aromatic carbocycles. The van der Waals surface area contributed by atoms with Crippen molar-refractivity contribution in [3.63, 3.8) is 0 Å². The van der Waals surface area contributed by atoms with Crippen LogP contribution in [-0.2, 0) is 5.41 Å². The highest BCUT2D eigenvalue weighted by Crippen LogP contribution is 2.52. The second-order valence-corrected chi connectivity index (χ2v) is 15.9. The van der Waals surface area contributed by atoms with Crippen LogP contribution in [0.25, 0.3) is 44.2 Å². The van der Waals surface area contributed by atoms with Gasteiger partial charge >= 0.3 is 0 Å². The average Bonchev–Trinajstić information content (AvgIpc) is 3.50. The van der Waals surface area contributed by atoms with E-state index in [2.05, 4.69) is 243 Å². The molecule has 0 radical (unpaired) electrons. The van der Waals surface area contributed by atoms with Gasteiger partial charge in [-0.15, -0.1) is 0 Å². The lowest BCUT2D eigenvalue weighted by atomic mass is 9.82. The van der Waals surface area contributed by atoms with Crippen LogP contribution in [0.15, 0.2) is 212 Å². The van der Waals surface area contributed by atoms with Gasteiger partial charge in [0.25, 0.3) is 0 Å². The zero-order chi connectivity index (χ0) is 39.2. The van der Waals surface area contributed by atoms with Crippen LogP contribution < -0.4 is 9.80 Å². The predicted molar refractivity (Wildman–Crippen MR) is 246 cm³/mol. The van der Waals surface area contributed by atoms with Gasteiger partial charge in [0.15, 0.2) is 0 Å². The molecule has 278 valence electrons. The molecule has 58 heavy (non-hydrogen) atoms. The summed E-state index contributed by atoms with van der Waals surface area (Å²) in [4.78, 5) is 4.78. The van der Waals surface area contributed by atoms with Crippen LogP contribution in [0.2, 0.25) is 0 Å². The number of hydrogen-bond acceptors (Lipinski definition) is 2. The number of benzene rings is 9. The van der Waals surface area contributed by atoms with Gasteiger partial charge in [0.1, 0.15) is 0 Å². The molecular weight excluding hydrogens is 701 g/mol. The van der Waals surface area contributed by atoms with Gasteiger partial charge in [-0.2, -0.15) is 0 Å². The third kappa shape index (κ3) is 6.33. The molecule has 2 heteroatoms. The fourth-order valence-electron chi connectivity index (χ4n) is 8.76. The summed E-state index contributed by atoms with van der Waals surface area (Å²) in [6, 6.07) is 77.5. The van der Waals surface area contributed by atoms with Gasteiger partial charge in [-0.05, 0) is 135 Å². The Morgan fingerprint density at radius 3 is 1.26 bits per heavy atom. The van der Waals surface area contributed by atoms with Gasteiger partial charge in [-0.25, -0.2) is 0 Å². The Morgan fingerprint density at radius 1 is 0.310 bits per heavy atom. The normalized spacial score (nSPS) is 12.5. The first-order valence-corrected chi connectivity index (χ1v) is 20.2. The Morgan fingerprint density at radius 2 is 0.690 bits per heavy atom. The van der Waals surface area contributed by atoms with Gasteiger partial charge < -0.3 is 9.80 Å². The summed E-state index contributed by atoms with van der Waals surface area (Å²) in [6.45, 7) is 6.90. The van der Waals surface area contributed by atoms with Crippen LogP contribution in [0.4, 0.5) is 34.1 Å². The molecule has 9 aromatic rings. The van der Waals surface area contributed by atoms with Crippen LogP contribution in [0, 0.1) is 6.92 Å². The third-order valence-corrected chi connectivity index (χ3v) is 11.9. The molecule has 0 N–H and O–H groups in total. The van der Waals surface area contributed by atoms with Crippen LogP contribution in [0.1, 0.15) is 30.5 Å². The van der Waals surface area contributed by atoms with E-state index >= 15 is 0 Å². The summed E-state index contributed by atoms with van der Waals surface area (Å²) < 4.78 is 0. The summed E-state index contributed by atoms with van der Waals surface area (Å²) in [5, 5.41) is 2.47. The number of aryl methyl sites for hydroxylation is 1. The Kier molecular flexibility index (Phi) is 8.76. The smallest absolute Gasteiger partial charge is 0.0468 e. The van der Waals surface area contributed by atoms with Crippen LogP contribution in [0.5, 0.6) is 0 Å². The third-order valence-electron chi connectivity index (χ3n) is 11.9. The highest BCUT2D eigenvalue weighted by atomic mass is 15.1.